The van der Waals surface area contributed by atoms with Crippen LogP contribution in [0, 0.1) is 0 Å². The molecular formula is C17H31N2O6+. The van der Waals surface area contributed by atoms with Gasteiger partial charge in [-0.2, -0.15) is 0 Å². The first-order valence-corrected chi connectivity index (χ1v) is 8.53. The van der Waals surface area contributed by atoms with Crippen molar-refractivity contribution in [1.29, 1.82) is 0 Å². The van der Waals surface area contributed by atoms with Crippen LogP contribution in [0.4, 0.5) is 0 Å². The Hall–Kier alpha value is -1.93. The van der Waals surface area contributed by atoms with E-state index in [0.717, 1.165) is 6.42 Å². The van der Waals surface area contributed by atoms with Crippen molar-refractivity contribution in [2.45, 2.75) is 52.1 Å². The minimum absolute atomic E-state index is 0.0158. The highest BCUT2D eigenvalue weighted by Crippen LogP contribution is 2.20. The van der Waals surface area contributed by atoms with Crippen LogP contribution in [0.1, 0.15) is 40.0 Å². The number of allylic oxidation sites excluding steroid dienone is 2. The average molecular weight is 359 g/mol. The number of aliphatic hydroxyl groups excluding tert-OH is 1. The molecule has 144 valence electrons. The molecule has 2 unspecified atom stereocenters. The summed E-state index contributed by atoms with van der Waals surface area (Å²) in [7, 11) is 0. The van der Waals surface area contributed by atoms with Gasteiger partial charge in [0.25, 0.3) is 0 Å². The molecule has 0 radical (unpaired) electrons. The maximum atomic E-state index is 11.8. The number of carbonyl (C=O) groups excluding carboxylic acids is 1. The zero-order valence-electron chi connectivity index (χ0n) is 15.3. The summed E-state index contributed by atoms with van der Waals surface area (Å²) in [6.45, 7) is 4.67. The van der Waals surface area contributed by atoms with Crippen LogP contribution in [0.2, 0.25) is 0 Å². The molecule has 0 aromatic carbocycles. The fraction of sp³-hybridized carbons (Fsp3) is 0.706. The highest BCUT2D eigenvalue weighted by molar-refractivity contribution is 5.76. The first kappa shape index (κ1) is 23.1. The largest absolute Gasteiger partial charge is 0.477 e. The summed E-state index contributed by atoms with van der Waals surface area (Å²) in [5.41, 5.74) is 0. The van der Waals surface area contributed by atoms with Crippen LogP contribution in [0.5, 0.6) is 0 Å². The van der Waals surface area contributed by atoms with Gasteiger partial charge < -0.3 is 20.6 Å². The lowest BCUT2D eigenvalue weighted by atomic mass is 10.1. The Kier molecular flexibility index (Phi) is 10.7. The van der Waals surface area contributed by atoms with Crippen molar-refractivity contribution >= 4 is 17.8 Å². The SMILES string of the molecule is C/C=C/CCCC(=O)NCC[N+](CCO)(C(C)C(=O)O)C(C)C(=O)O. The van der Waals surface area contributed by atoms with Crippen molar-refractivity contribution in [2.75, 3.05) is 26.2 Å². The lowest BCUT2D eigenvalue weighted by molar-refractivity contribution is -0.954. The van der Waals surface area contributed by atoms with Gasteiger partial charge in [-0.25, -0.2) is 9.59 Å². The van der Waals surface area contributed by atoms with E-state index in [-0.39, 0.29) is 36.6 Å². The summed E-state index contributed by atoms with van der Waals surface area (Å²) in [5, 5.41) is 30.8. The van der Waals surface area contributed by atoms with Crippen molar-refractivity contribution in [3.63, 3.8) is 0 Å². The molecule has 0 aliphatic carbocycles. The molecule has 0 spiro atoms. The maximum Gasteiger partial charge on any atom is 0.362 e. The molecule has 8 nitrogen and oxygen atoms in total. The van der Waals surface area contributed by atoms with Gasteiger partial charge in [0, 0.05) is 6.42 Å². The number of nitrogens with one attached hydrogen (secondary N) is 1. The third-order valence-corrected chi connectivity index (χ3v) is 4.63. The van der Waals surface area contributed by atoms with Crippen LogP contribution in [-0.4, -0.2) is 76.0 Å². The third kappa shape index (κ3) is 7.23. The van der Waals surface area contributed by atoms with Crippen LogP contribution in [0.25, 0.3) is 0 Å². The Morgan fingerprint density at radius 3 is 2.08 bits per heavy atom. The van der Waals surface area contributed by atoms with Crippen LogP contribution < -0.4 is 5.32 Å². The average Bonchev–Trinajstić information content (AvgIpc) is 2.56. The summed E-state index contributed by atoms with van der Waals surface area (Å²) in [6, 6.07) is -2.05. The van der Waals surface area contributed by atoms with Gasteiger partial charge in [0.1, 0.15) is 6.54 Å². The number of unbranched alkanes of at least 4 members (excludes halogenated alkanes) is 1. The normalized spacial score (nSPS) is 16.2. The van der Waals surface area contributed by atoms with Gasteiger partial charge >= 0.3 is 11.9 Å². The Bertz CT molecular complexity index is 458. The van der Waals surface area contributed by atoms with Crippen LogP contribution in [0.15, 0.2) is 12.2 Å². The van der Waals surface area contributed by atoms with E-state index in [0.29, 0.717) is 12.8 Å². The summed E-state index contributed by atoms with van der Waals surface area (Å²) < 4.78 is -0.333. The second kappa shape index (κ2) is 11.6. The molecule has 0 aromatic rings. The fourth-order valence-corrected chi connectivity index (χ4v) is 2.89. The zero-order chi connectivity index (χ0) is 19.5. The molecule has 0 rings (SSSR count). The zero-order valence-corrected chi connectivity index (χ0v) is 15.3. The van der Waals surface area contributed by atoms with Crippen LogP contribution in [0.3, 0.4) is 0 Å². The van der Waals surface area contributed by atoms with Crippen molar-refractivity contribution in [2.24, 2.45) is 0 Å². The Balaban J connectivity index is 4.96. The van der Waals surface area contributed by atoms with Crippen molar-refractivity contribution in [3.05, 3.63) is 12.2 Å². The van der Waals surface area contributed by atoms with Gasteiger partial charge in [-0.1, -0.05) is 12.2 Å². The van der Waals surface area contributed by atoms with Crippen LogP contribution >= 0.6 is 0 Å². The molecule has 0 bridgehead atoms. The number of carbonyl (C=O) groups is 3. The van der Waals surface area contributed by atoms with Gasteiger partial charge in [0.15, 0.2) is 12.1 Å². The molecule has 1 amide bonds. The van der Waals surface area contributed by atoms with E-state index in [2.05, 4.69) is 5.32 Å². The van der Waals surface area contributed by atoms with E-state index in [4.69, 9.17) is 0 Å². The number of amides is 1. The predicted octanol–water partition coefficient (Wildman–Crippen LogP) is 0.604. The fourth-order valence-electron chi connectivity index (χ4n) is 2.89. The van der Waals surface area contributed by atoms with Gasteiger partial charge in [0.2, 0.25) is 5.91 Å². The topological polar surface area (TPSA) is 124 Å². The van der Waals surface area contributed by atoms with Crippen molar-refractivity contribution < 1.29 is 34.2 Å². The third-order valence-electron chi connectivity index (χ3n) is 4.63. The van der Waals surface area contributed by atoms with E-state index in [1.54, 1.807) is 0 Å². The number of quaternary nitrogens is 1. The maximum absolute atomic E-state index is 11.8. The quantitative estimate of drug-likeness (QED) is 0.217. The number of rotatable bonds is 13. The number of aliphatic hydroxyl groups is 1. The summed E-state index contributed by atoms with van der Waals surface area (Å²) in [4.78, 5) is 34.8. The number of nitrogens with zero attached hydrogens (tertiary/aromatic N) is 1. The summed E-state index contributed by atoms with van der Waals surface area (Å²) in [5.74, 6) is -2.43. The molecule has 0 aliphatic rings. The lowest BCUT2D eigenvalue weighted by Gasteiger charge is -2.44. The molecule has 0 fully saturated rings. The van der Waals surface area contributed by atoms with Gasteiger partial charge in [0.05, 0.1) is 19.7 Å². The second-order valence-corrected chi connectivity index (χ2v) is 6.11. The Morgan fingerprint density at radius 1 is 1.08 bits per heavy atom. The smallest absolute Gasteiger partial charge is 0.362 e. The van der Waals surface area contributed by atoms with Gasteiger partial charge in [-0.3, -0.25) is 9.28 Å². The monoisotopic (exact) mass is 359 g/mol. The number of aliphatic carboxylic acids is 2. The molecule has 0 saturated carbocycles. The minimum Gasteiger partial charge on any atom is -0.477 e. The molecular weight excluding hydrogens is 328 g/mol. The molecule has 0 aliphatic heterocycles. The van der Waals surface area contributed by atoms with E-state index in [1.165, 1.54) is 13.8 Å². The summed E-state index contributed by atoms with van der Waals surface area (Å²) in [6.07, 6.45) is 5.76. The van der Waals surface area contributed by atoms with E-state index >= 15 is 0 Å². The number of hydrogen-bond acceptors (Lipinski definition) is 4. The number of hydrogen-bond donors (Lipinski definition) is 4. The summed E-state index contributed by atoms with van der Waals surface area (Å²) >= 11 is 0. The highest BCUT2D eigenvalue weighted by atomic mass is 16.4. The molecule has 0 saturated heterocycles. The standard InChI is InChI=1S/C17H30N2O6/c1-4-5-6-7-8-15(21)18-9-10-19(11-12-20,13(2)16(22)23)14(3)17(24)25/h4-5,13-14,20H,6-12H2,1-3H3,(H2-,18,21,22,23,24,25)/p+1/b5-4+. The molecule has 2 atom stereocenters. The van der Waals surface area contributed by atoms with Gasteiger partial charge in [-0.15, -0.1) is 0 Å². The minimum atomic E-state index is -1.14. The molecule has 0 heterocycles. The lowest BCUT2D eigenvalue weighted by Crippen LogP contribution is -2.67. The van der Waals surface area contributed by atoms with E-state index in [1.807, 2.05) is 19.1 Å². The van der Waals surface area contributed by atoms with Gasteiger partial charge in [-0.05, 0) is 33.6 Å². The molecule has 4 N–H and O–H groups in total. The second-order valence-electron chi connectivity index (χ2n) is 6.11. The Morgan fingerprint density at radius 2 is 1.64 bits per heavy atom. The number of carboxylic acid groups (broad SMARTS) is 2. The molecule has 25 heavy (non-hydrogen) atoms. The Labute approximate surface area is 148 Å². The van der Waals surface area contributed by atoms with Crippen LogP contribution in [-0.2, 0) is 14.4 Å². The molecule has 8 heteroatoms. The highest BCUT2D eigenvalue weighted by Gasteiger charge is 2.46. The molecule has 0 aromatic heterocycles. The van der Waals surface area contributed by atoms with Crippen molar-refractivity contribution in [1.82, 2.24) is 5.32 Å². The van der Waals surface area contributed by atoms with E-state index in [9.17, 15) is 29.7 Å². The van der Waals surface area contributed by atoms with E-state index < -0.39 is 24.0 Å². The predicted molar refractivity (Wildman–Crippen MR) is 93.0 cm³/mol. The first-order valence-electron chi connectivity index (χ1n) is 8.53. The number of carboxylic acids is 2. The first-order chi connectivity index (χ1) is 11.7. The van der Waals surface area contributed by atoms with Crippen molar-refractivity contribution in [3.8, 4) is 0 Å².